The van der Waals surface area contributed by atoms with Crippen LogP contribution in [0.15, 0.2) is 0 Å². The van der Waals surface area contributed by atoms with E-state index in [0.29, 0.717) is 0 Å². The van der Waals surface area contributed by atoms with Crippen LogP contribution in [-0.2, 0) is 0 Å². The van der Waals surface area contributed by atoms with Crippen molar-refractivity contribution in [3.63, 3.8) is 0 Å². The van der Waals surface area contributed by atoms with Gasteiger partial charge in [0.2, 0.25) is 0 Å². The summed E-state index contributed by atoms with van der Waals surface area (Å²) >= 11 is 5.68. The molecule has 0 spiro atoms. The molecule has 0 aliphatic carbocycles. The third kappa shape index (κ3) is 10.5. The highest BCUT2D eigenvalue weighted by molar-refractivity contribution is 6.17. The Bertz CT molecular complexity index is 134. The molecule has 0 unspecified atom stereocenters. The molecule has 0 amide bonds. The highest BCUT2D eigenvalue weighted by atomic mass is 35.5. The predicted molar refractivity (Wildman–Crippen MR) is 70.6 cm³/mol. The topological polar surface area (TPSA) is 0 Å². The summed E-state index contributed by atoms with van der Waals surface area (Å²) in [7, 11) is 4.68. The van der Waals surface area contributed by atoms with Crippen molar-refractivity contribution in [3.8, 4) is 0 Å². The third-order valence-corrected chi connectivity index (χ3v) is 3.28. The van der Waals surface area contributed by atoms with Gasteiger partial charge in [-0.05, 0) is 25.7 Å². The molecule has 0 N–H and O–H groups in total. The molecule has 0 aliphatic heterocycles. The number of quaternary nitrogens is 1. The monoisotopic (exact) mass is 234 g/mol. The molecule has 0 bridgehead atoms. The van der Waals surface area contributed by atoms with Crippen LogP contribution in [0.25, 0.3) is 0 Å². The number of hydrogen-bond donors (Lipinski definition) is 0. The highest BCUT2D eigenvalue weighted by Gasteiger charge is 2.13. The Morgan fingerprint density at radius 2 is 1.33 bits per heavy atom. The normalized spacial score (nSPS) is 12.0. The van der Waals surface area contributed by atoms with Gasteiger partial charge in [0.1, 0.15) is 0 Å². The summed E-state index contributed by atoms with van der Waals surface area (Å²) in [5.41, 5.74) is 0. The smallest absolute Gasteiger partial charge is 0.0782 e. The molecule has 0 fully saturated rings. The first-order valence-corrected chi connectivity index (χ1v) is 7.04. The van der Waals surface area contributed by atoms with Crippen molar-refractivity contribution in [2.45, 2.75) is 51.9 Å². The zero-order chi connectivity index (χ0) is 11.6. The minimum atomic E-state index is 0.816. The van der Waals surface area contributed by atoms with Gasteiger partial charge in [0, 0.05) is 5.88 Å². The minimum Gasteiger partial charge on any atom is -0.328 e. The first-order chi connectivity index (χ1) is 7.12. The second-order valence-corrected chi connectivity index (χ2v) is 5.57. The van der Waals surface area contributed by atoms with E-state index in [0.717, 1.165) is 5.88 Å². The molecule has 0 atom stereocenters. The lowest BCUT2D eigenvalue weighted by Gasteiger charge is -2.29. The van der Waals surface area contributed by atoms with E-state index in [1.807, 2.05) is 0 Å². The second kappa shape index (κ2) is 9.47. The van der Waals surface area contributed by atoms with Crippen molar-refractivity contribution in [2.75, 3.05) is 33.1 Å². The van der Waals surface area contributed by atoms with Gasteiger partial charge in [-0.3, -0.25) is 0 Å². The fraction of sp³-hybridized carbons (Fsp3) is 1.00. The lowest BCUT2D eigenvalue weighted by atomic mass is 10.1. The van der Waals surface area contributed by atoms with Gasteiger partial charge in [0.15, 0.2) is 0 Å². The van der Waals surface area contributed by atoms with Crippen LogP contribution in [0.2, 0.25) is 0 Å². The van der Waals surface area contributed by atoms with Crippen molar-refractivity contribution in [1.29, 1.82) is 0 Å². The van der Waals surface area contributed by atoms with E-state index in [9.17, 15) is 0 Å². The van der Waals surface area contributed by atoms with Crippen LogP contribution in [0.4, 0.5) is 0 Å². The van der Waals surface area contributed by atoms with Crippen molar-refractivity contribution in [3.05, 3.63) is 0 Å². The molecule has 15 heavy (non-hydrogen) atoms. The van der Waals surface area contributed by atoms with Crippen molar-refractivity contribution >= 4 is 11.6 Å². The summed E-state index contributed by atoms with van der Waals surface area (Å²) in [6.45, 7) is 4.87. The summed E-state index contributed by atoms with van der Waals surface area (Å²) in [6.07, 6.45) is 9.38. The molecule has 0 aromatic heterocycles. The summed E-state index contributed by atoms with van der Waals surface area (Å²) in [5, 5.41) is 0. The number of halogens is 1. The van der Waals surface area contributed by atoms with Crippen LogP contribution in [0, 0.1) is 0 Å². The first kappa shape index (κ1) is 15.2. The number of hydrogen-bond acceptors (Lipinski definition) is 0. The molecule has 92 valence electrons. The van der Waals surface area contributed by atoms with Gasteiger partial charge in [-0.25, -0.2) is 0 Å². The summed E-state index contributed by atoms with van der Waals surface area (Å²) in [5.74, 6) is 0.816. The van der Waals surface area contributed by atoms with Gasteiger partial charge >= 0.3 is 0 Å². The van der Waals surface area contributed by atoms with Crippen LogP contribution < -0.4 is 0 Å². The molecule has 0 aromatic carbocycles. The fourth-order valence-corrected chi connectivity index (χ4v) is 2.08. The van der Waals surface area contributed by atoms with E-state index < -0.39 is 0 Å². The molecule has 0 radical (unpaired) electrons. The number of rotatable bonds is 10. The maximum absolute atomic E-state index is 5.68. The Labute approximate surface area is 101 Å². The van der Waals surface area contributed by atoms with Gasteiger partial charge in [-0.15, -0.1) is 11.6 Å². The number of nitrogens with zero attached hydrogens (tertiary/aromatic N) is 1. The average molecular weight is 235 g/mol. The fourth-order valence-electron chi connectivity index (χ4n) is 1.89. The van der Waals surface area contributed by atoms with Crippen molar-refractivity contribution in [2.24, 2.45) is 0 Å². The first-order valence-electron chi connectivity index (χ1n) is 6.50. The van der Waals surface area contributed by atoms with E-state index in [2.05, 4.69) is 21.0 Å². The lowest BCUT2D eigenvalue weighted by molar-refractivity contribution is -0.890. The van der Waals surface area contributed by atoms with Gasteiger partial charge in [0.05, 0.1) is 27.2 Å². The molecule has 1 nitrogen and oxygen atoms in total. The number of unbranched alkanes of at least 4 members (excludes halogenated alkanes) is 5. The highest BCUT2D eigenvalue weighted by Crippen LogP contribution is 2.08. The maximum Gasteiger partial charge on any atom is 0.0782 e. The van der Waals surface area contributed by atoms with Gasteiger partial charge < -0.3 is 4.48 Å². The standard InChI is InChI=1S/C13H29ClN/c1-4-5-6-7-9-12-15(2,3)13-10-8-11-14/h4-13H2,1-3H3/q+1. The molecule has 0 heterocycles. The zero-order valence-corrected chi connectivity index (χ0v) is 11.7. The Kier molecular flexibility index (Phi) is 9.63. The van der Waals surface area contributed by atoms with Crippen LogP contribution in [0.5, 0.6) is 0 Å². The Hall–Kier alpha value is 0.250. The largest absolute Gasteiger partial charge is 0.328 e. The van der Waals surface area contributed by atoms with Gasteiger partial charge in [0.25, 0.3) is 0 Å². The van der Waals surface area contributed by atoms with Gasteiger partial charge in [-0.1, -0.05) is 26.2 Å². The maximum atomic E-state index is 5.68. The van der Waals surface area contributed by atoms with Crippen molar-refractivity contribution < 1.29 is 4.48 Å². The number of alkyl halides is 1. The van der Waals surface area contributed by atoms with Crippen LogP contribution >= 0.6 is 11.6 Å². The quantitative estimate of drug-likeness (QED) is 0.304. The van der Waals surface area contributed by atoms with Crippen molar-refractivity contribution in [1.82, 2.24) is 0 Å². The van der Waals surface area contributed by atoms with E-state index in [-0.39, 0.29) is 0 Å². The summed E-state index contributed by atoms with van der Waals surface area (Å²) in [4.78, 5) is 0. The molecular formula is C13H29ClN+. The second-order valence-electron chi connectivity index (χ2n) is 5.19. The lowest BCUT2D eigenvalue weighted by Crippen LogP contribution is -2.41. The summed E-state index contributed by atoms with van der Waals surface area (Å²) in [6, 6.07) is 0. The predicted octanol–water partition coefficient (Wildman–Crippen LogP) is 4.05. The molecule has 0 aliphatic rings. The molecule has 0 saturated heterocycles. The Morgan fingerprint density at radius 1 is 0.800 bits per heavy atom. The van der Waals surface area contributed by atoms with E-state index >= 15 is 0 Å². The Morgan fingerprint density at radius 3 is 1.87 bits per heavy atom. The molecule has 0 rings (SSSR count). The van der Waals surface area contributed by atoms with Crippen LogP contribution in [-0.4, -0.2) is 37.5 Å². The van der Waals surface area contributed by atoms with E-state index in [1.54, 1.807) is 0 Å². The van der Waals surface area contributed by atoms with Gasteiger partial charge in [-0.2, -0.15) is 0 Å². The Balaban J connectivity index is 3.38. The SMILES string of the molecule is CCCCCCC[N+](C)(C)CCCCCl. The van der Waals surface area contributed by atoms with Crippen LogP contribution in [0.1, 0.15) is 51.9 Å². The molecule has 0 saturated carbocycles. The van der Waals surface area contributed by atoms with E-state index in [4.69, 9.17) is 11.6 Å². The van der Waals surface area contributed by atoms with Crippen LogP contribution in [0.3, 0.4) is 0 Å². The third-order valence-electron chi connectivity index (χ3n) is 3.01. The average Bonchev–Trinajstić information content (AvgIpc) is 2.17. The molecular weight excluding hydrogens is 206 g/mol. The molecule has 0 aromatic rings. The molecule has 2 heteroatoms. The zero-order valence-electron chi connectivity index (χ0n) is 10.9. The minimum absolute atomic E-state index is 0.816. The van der Waals surface area contributed by atoms with E-state index in [1.165, 1.54) is 62.5 Å². The summed E-state index contributed by atoms with van der Waals surface area (Å²) < 4.78 is 1.17.